The predicted molar refractivity (Wildman–Crippen MR) is 116 cm³/mol. The van der Waals surface area contributed by atoms with Crippen molar-refractivity contribution in [3.8, 4) is 11.4 Å². The fourth-order valence-electron chi connectivity index (χ4n) is 3.89. The van der Waals surface area contributed by atoms with E-state index in [1.54, 1.807) is 13.3 Å². The van der Waals surface area contributed by atoms with Crippen LogP contribution in [0.15, 0.2) is 67.0 Å². The van der Waals surface area contributed by atoms with Gasteiger partial charge in [0.25, 0.3) is 0 Å². The summed E-state index contributed by atoms with van der Waals surface area (Å²) in [6.07, 6.45) is 4.48. The Labute approximate surface area is 175 Å². The first-order valence-corrected chi connectivity index (χ1v) is 10.0. The monoisotopic (exact) mass is 408 g/mol. The van der Waals surface area contributed by atoms with E-state index >= 15 is 0 Å². The van der Waals surface area contributed by atoms with Gasteiger partial charge in [0.15, 0.2) is 5.11 Å². The van der Waals surface area contributed by atoms with Gasteiger partial charge >= 0.3 is 0 Å². The summed E-state index contributed by atoms with van der Waals surface area (Å²) < 4.78 is 7.73. The lowest BCUT2D eigenvalue weighted by Gasteiger charge is -2.29. The molecule has 6 nitrogen and oxygen atoms in total. The Hall–Kier alpha value is -2.90. The molecule has 2 atom stereocenters. The Morgan fingerprint density at radius 1 is 1.14 bits per heavy atom. The SMILES string of the molecule is COc1ccccc1-n1cccc1[C@H]1[C@@H](c2ccccn2)NC(=S)N1CCCO. The van der Waals surface area contributed by atoms with Crippen LogP contribution >= 0.6 is 12.2 Å². The third kappa shape index (κ3) is 3.71. The zero-order valence-corrected chi connectivity index (χ0v) is 17.0. The van der Waals surface area contributed by atoms with Crippen LogP contribution in [-0.2, 0) is 0 Å². The number of aliphatic hydroxyl groups is 1. The van der Waals surface area contributed by atoms with Gasteiger partial charge < -0.3 is 24.6 Å². The van der Waals surface area contributed by atoms with Gasteiger partial charge in [-0.1, -0.05) is 18.2 Å². The Bertz CT molecular complexity index is 976. The molecule has 1 fully saturated rings. The number of nitrogens with one attached hydrogen (secondary N) is 1. The number of methoxy groups -OCH3 is 1. The Balaban J connectivity index is 1.81. The molecule has 150 valence electrons. The van der Waals surface area contributed by atoms with Crippen LogP contribution in [-0.4, -0.2) is 44.9 Å². The van der Waals surface area contributed by atoms with Gasteiger partial charge in [0.1, 0.15) is 5.75 Å². The van der Waals surface area contributed by atoms with Crippen molar-refractivity contribution in [2.24, 2.45) is 0 Å². The zero-order chi connectivity index (χ0) is 20.2. The van der Waals surface area contributed by atoms with Crippen molar-refractivity contribution in [2.45, 2.75) is 18.5 Å². The summed E-state index contributed by atoms with van der Waals surface area (Å²) in [4.78, 5) is 6.72. The van der Waals surface area contributed by atoms with Crippen molar-refractivity contribution in [3.63, 3.8) is 0 Å². The molecule has 0 amide bonds. The normalized spacial score (nSPS) is 18.7. The van der Waals surface area contributed by atoms with Crippen molar-refractivity contribution in [1.29, 1.82) is 0 Å². The molecule has 0 spiro atoms. The van der Waals surface area contributed by atoms with Crippen molar-refractivity contribution >= 4 is 17.3 Å². The largest absolute Gasteiger partial charge is 0.495 e. The molecular weight excluding hydrogens is 384 g/mol. The van der Waals surface area contributed by atoms with E-state index in [1.165, 1.54) is 0 Å². The van der Waals surface area contributed by atoms with Gasteiger partial charge in [0, 0.05) is 31.2 Å². The van der Waals surface area contributed by atoms with E-state index in [2.05, 4.69) is 25.8 Å². The highest BCUT2D eigenvalue weighted by molar-refractivity contribution is 7.80. The minimum Gasteiger partial charge on any atom is -0.495 e. The third-order valence-electron chi connectivity index (χ3n) is 5.18. The molecule has 2 N–H and O–H groups in total. The number of hydrogen-bond donors (Lipinski definition) is 2. The molecule has 0 radical (unpaired) electrons. The molecule has 2 aromatic heterocycles. The molecule has 1 aliphatic rings. The molecule has 7 heteroatoms. The van der Waals surface area contributed by atoms with E-state index in [9.17, 15) is 5.11 Å². The van der Waals surface area contributed by atoms with Crippen LogP contribution in [0.2, 0.25) is 0 Å². The van der Waals surface area contributed by atoms with Gasteiger partial charge in [-0.05, 0) is 55.0 Å². The number of aromatic nitrogens is 2. The minimum atomic E-state index is -0.0919. The molecule has 29 heavy (non-hydrogen) atoms. The van der Waals surface area contributed by atoms with Gasteiger partial charge in [-0.25, -0.2) is 0 Å². The molecule has 1 aliphatic heterocycles. The average Bonchev–Trinajstić information content (AvgIpc) is 3.37. The second-order valence-electron chi connectivity index (χ2n) is 6.87. The van der Waals surface area contributed by atoms with Crippen molar-refractivity contribution < 1.29 is 9.84 Å². The van der Waals surface area contributed by atoms with E-state index in [4.69, 9.17) is 17.0 Å². The van der Waals surface area contributed by atoms with Crippen LogP contribution in [0.4, 0.5) is 0 Å². The second-order valence-corrected chi connectivity index (χ2v) is 7.26. The first-order valence-electron chi connectivity index (χ1n) is 9.64. The van der Waals surface area contributed by atoms with Crippen LogP contribution in [0.1, 0.15) is 29.9 Å². The lowest BCUT2D eigenvalue weighted by atomic mass is 10.0. The number of nitrogens with zero attached hydrogens (tertiary/aromatic N) is 3. The van der Waals surface area contributed by atoms with E-state index in [1.807, 2.05) is 54.7 Å². The van der Waals surface area contributed by atoms with Crippen LogP contribution < -0.4 is 10.1 Å². The number of aliphatic hydroxyl groups excluding tert-OH is 1. The zero-order valence-electron chi connectivity index (χ0n) is 16.2. The van der Waals surface area contributed by atoms with Crippen LogP contribution in [0.3, 0.4) is 0 Å². The maximum absolute atomic E-state index is 9.39. The molecule has 0 unspecified atom stereocenters. The van der Waals surface area contributed by atoms with Crippen molar-refractivity contribution in [1.82, 2.24) is 19.8 Å². The van der Waals surface area contributed by atoms with Crippen LogP contribution in [0.25, 0.3) is 5.69 Å². The smallest absolute Gasteiger partial charge is 0.170 e. The number of rotatable bonds is 7. The number of pyridine rings is 1. The maximum Gasteiger partial charge on any atom is 0.170 e. The highest BCUT2D eigenvalue weighted by Crippen LogP contribution is 2.40. The summed E-state index contributed by atoms with van der Waals surface area (Å²) in [7, 11) is 1.68. The van der Waals surface area contributed by atoms with Gasteiger partial charge in [-0.2, -0.15) is 0 Å². The number of ether oxygens (including phenoxy) is 1. The van der Waals surface area contributed by atoms with E-state index in [0.717, 1.165) is 22.8 Å². The lowest BCUT2D eigenvalue weighted by molar-refractivity contribution is 0.244. The Morgan fingerprint density at radius 2 is 1.97 bits per heavy atom. The Kier molecular flexibility index (Phi) is 5.78. The summed E-state index contributed by atoms with van der Waals surface area (Å²) in [6.45, 7) is 0.779. The van der Waals surface area contributed by atoms with Crippen molar-refractivity contribution in [2.75, 3.05) is 20.3 Å². The molecule has 1 aromatic carbocycles. The first-order chi connectivity index (χ1) is 14.2. The molecule has 4 rings (SSSR count). The summed E-state index contributed by atoms with van der Waals surface area (Å²) in [5, 5.41) is 13.5. The first kappa shape index (κ1) is 19.4. The van der Waals surface area contributed by atoms with Gasteiger partial charge in [-0.15, -0.1) is 0 Å². The summed E-state index contributed by atoms with van der Waals surface area (Å²) >= 11 is 5.66. The van der Waals surface area contributed by atoms with E-state index in [-0.39, 0.29) is 18.7 Å². The van der Waals surface area contributed by atoms with E-state index < -0.39 is 0 Å². The minimum absolute atomic E-state index is 0.0659. The number of hydrogen-bond acceptors (Lipinski definition) is 4. The standard InChI is InChI=1S/C22H24N4O2S/c1-28-19-11-3-2-9-17(19)25-13-6-10-18(25)21-20(16-8-4-5-12-23-16)24-22(29)26(21)14-7-15-27/h2-6,8-13,20-21,27H,7,14-15H2,1H3,(H,24,29)/t20-,21+/m1/s1. The average molecular weight is 409 g/mol. The highest BCUT2D eigenvalue weighted by Gasteiger charge is 2.41. The van der Waals surface area contributed by atoms with E-state index in [0.29, 0.717) is 18.1 Å². The quantitative estimate of drug-likeness (QED) is 0.586. The van der Waals surface area contributed by atoms with Crippen LogP contribution in [0.5, 0.6) is 5.75 Å². The summed E-state index contributed by atoms with van der Waals surface area (Å²) in [6, 6.07) is 17.8. The number of benzene rings is 1. The maximum atomic E-state index is 9.39. The molecule has 3 aromatic rings. The van der Waals surface area contributed by atoms with Gasteiger partial charge in [0.2, 0.25) is 0 Å². The second kappa shape index (κ2) is 8.63. The van der Waals surface area contributed by atoms with Gasteiger partial charge in [0.05, 0.1) is 30.6 Å². The highest BCUT2D eigenvalue weighted by atomic mass is 32.1. The third-order valence-corrected chi connectivity index (χ3v) is 5.54. The molecular formula is C22H24N4O2S. The predicted octanol–water partition coefficient (Wildman–Crippen LogP) is 3.24. The fourth-order valence-corrected chi connectivity index (χ4v) is 4.22. The molecule has 3 heterocycles. The Morgan fingerprint density at radius 3 is 2.72 bits per heavy atom. The number of para-hydroxylation sites is 2. The fraction of sp³-hybridized carbons (Fsp3) is 0.273. The topological polar surface area (TPSA) is 62.5 Å². The summed E-state index contributed by atoms with van der Waals surface area (Å²) in [5.41, 5.74) is 2.98. The molecule has 0 saturated carbocycles. The van der Waals surface area contributed by atoms with Gasteiger partial charge in [-0.3, -0.25) is 4.98 Å². The molecule has 0 bridgehead atoms. The summed E-state index contributed by atoms with van der Waals surface area (Å²) in [5.74, 6) is 0.801. The molecule has 1 saturated heterocycles. The number of thiocarbonyl (C=S) groups is 1. The van der Waals surface area contributed by atoms with Crippen molar-refractivity contribution in [3.05, 3.63) is 78.4 Å². The lowest BCUT2D eigenvalue weighted by Crippen LogP contribution is -2.31. The van der Waals surface area contributed by atoms with Crippen LogP contribution in [0, 0.1) is 0 Å². The molecule has 0 aliphatic carbocycles.